The smallest absolute Gasteiger partial charge is 0.124 e. The van der Waals surface area contributed by atoms with Crippen molar-refractivity contribution in [2.75, 3.05) is 0 Å². The number of halogens is 1. The number of fused-ring (bicyclic) bond motifs is 1. The molecule has 0 bridgehead atoms. The minimum absolute atomic E-state index is 0.273. The molecule has 0 saturated carbocycles. The van der Waals surface area contributed by atoms with Crippen LogP contribution in [0, 0.1) is 11.9 Å². The van der Waals surface area contributed by atoms with E-state index in [4.69, 9.17) is 0 Å². The molecule has 0 fully saturated rings. The van der Waals surface area contributed by atoms with Crippen LogP contribution >= 0.6 is 0 Å². The van der Waals surface area contributed by atoms with Gasteiger partial charge in [-0.2, -0.15) is 0 Å². The highest BCUT2D eigenvalue weighted by atomic mass is 19.1. The minimum atomic E-state index is -0.273. The van der Waals surface area contributed by atoms with Crippen molar-refractivity contribution in [1.82, 2.24) is 4.98 Å². The molecule has 2 heteroatoms. The van der Waals surface area contributed by atoms with Gasteiger partial charge in [0, 0.05) is 17.6 Å². The zero-order chi connectivity index (χ0) is 7.68. The molecule has 1 heterocycles. The van der Waals surface area contributed by atoms with E-state index in [1.54, 1.807) is 12.3 Å². The molecule has 0 spiro atoms. The maximum atomic E-state index is 12.6. The van der Waals surface area contributed by atoms with Gasteiger partial charge in [-0.3, -0.25) is 4.98 Å². The Morgan fingerprint density at radius 2 is 2.36 bits per heavy atom. The summed E-state index contributed by atoms with van der Waals surface area (Å²) in [7, 11) is 0. The van der Waals surface area contributed by atoms with Crippen molar-refractivity contribution >= 4 is 10.9 Å². The van der Waals surface area contributed by atoms with Gasteiger partial charge in [-0.15, -0.1) is 0 Å². The standard InChI is InChI=1S/C9H5FN/c10-8-3-4-9-7(6-8)2-1-5-11-9/h1-3,5-6H. The van der Waals surface area contributed by atoms with Gasteiger partial charge in [0.15, 0.2) is 0 Å². The normalized spacial score (nSPS) is 10.3. The summed E-state index contributed by atoms with van der Waals surface area (Å²) >= 11 is 0. The van der Waals surface area contributed by atoms with E-state index in [1.165, 1.54) is 12.1 Å². The lowest BCUT2D eigenvalue weighted by Crippen LogP contribution is -1.78. The molecular weight excluding hydrogens is 141 g/mol. The average molecular weight is 146 g/mol. The SMILES string of the molecule is Fc1c[c]c2ncccc2c1. The molecule has 0 aliphatic carbocycles. The number of hydrogen-bond acceptors (Lipinski definition) is 1. The van der Waals surface area contributed by atoms with Crippen LogP contribution in [0.25, 0.3) is 10.9 Å². The van der Waals surface area contributed by atoms with Crippen LogP contribution in [0.2, 0.25) is 0 Å². The Kier molecular flexibility index (Phi) is 1.32. The largest absolute Gasteiger partial charge is 0.256 e. The van der Waals surface area contributed by atoms with Crippen molar-refractivity contribution in [3.8, 4) is 0 Å². The molecule has 0 atom stereocenters. The van der Waals surface area contributed by atoms with Crippen LogP contribution in [0.15, 0.2) is 30.5 Å². The maximum absolute atomic E-state index is 12.6. The van der Waals surface area contributed by atoms with Gasteiger partial charge >= 0.3 is 0 Å². The van der Waals surface area contributed by atoms with Crippen molar-refractivity contribution in [3.05, 3.63) is 42.3 Å². The van der Waals surface area contributed by atoms with Crippen LogP contribution in [0.5, 0.6) is 0 Å². The number of rotatable bonds is 0. The molecule has 0 aliphatic rings. The number of nitrogens with zero attached hydrogens (tertiary/aromatic N) is 1. The third kappa shape index (κ3) is 1.07. The number of pyridine rings is 1. The van der Waals surface area contributed by atoms with E-state index < -0.39 is 0 Å². The van der Waals surface area contributed by atoms with Gasteiger partial charge in [0.25, 0.3) is 0 Å². The molecule has 0 unspecified atom stereocenters. The first-order valence-corrected chi connectivity index (χ1v) is 3.28. The van der Waals surface area contributed by atoms with Crippen LogP contribution < -0.4 is 0 Å². The van der Waals surface area contributed by atoms with Gasteiger partial charge < -0.3 is 0 Å². The molecule has 0 aliphatic heterocycles. The number of aromatic nitrogens is 1. The van der Waals surface area contributed by atoms with E-state index in [-0.39, 0.29) is 5.82 Å². The summed E-state index contributed by atoms with van der Waals surface area (Å²) in [6.45, 7) is 0. The predicted molar refractivity (Wildman–Crippen MR) is 40.5 cm³/mol. The second-order valence-electron chi connectivity index (χ2n) is 2.26. The van der Waals surface area contributed by atoms with Crippen LogP contribution in [-0.4, -0.2) is 4.98 Å². The lowest BCUT2D eigenvalue weighted by atomic mass is 10.2. The first-order valence-electron chi connectivity index (χ1n) is 3.28. The average Bonchev–Trinajstić information content (AvgIpc) is 2.04. The molecule has 1 radical (unpaired) electrons. The Morgan fingerprint density at radius 3 is 3.27 bits per heavy atom. The number of hydrogen-bond donors (Lipinski definition) is 0. The Bertz CT molecular complexity index is 384. The molecule has 1 nitrogen and oxygen atoms in total. The molecule has 53 valence electrons. The second kappa shape index (κ2) is 2.31. The van der Waals surface area contributed by atoms with Gasteiger partial charge in [-0.05, 0) is 18.2 Å². The summed E-state index contributed by atoms with van der Waals surface area (Å²) in [5.41, 5.74) is 0.703. The highest BCUT2D eigenvalue weighted by molar-refractivity contribution is 5.77. The van der Waals surface area contributed by atoms with Crippen LogP contribution in [0.4, 0.5) is 4.39 Å². The minimum Gasteiger partial charge on any atom is -0.256 e. The zero-order valence-electron chi connectivity index (χ0n) is 5.71. The Labute approximate surface area is 63.5 Å². The van der Waals surface area contributed by atoms with E-state index in [9.17, 15) is 4.39 Å². The summed E-state index contributed by atoms with van der Waals surface area (Å²) in [6.07, 6.45) is 1.66. The molecule has 1 aromatic heterocycles. The molecule has 1 aromatic carbocycles. The summed E-state index contributed by atoms with van der Waals surface area (Å²) in [5, 5.41) is 0.785. The predicted octanol–water partition coefficient (Wildman–Crippen LogP) is 2.17. The lowest BCUT2D eigenvalue weighted by molar-refractivity contribution is 0.629. The lowest BCUT2D eigenvalue weighted by Gasteiger charge is -1.93. The third-order valence-electron chi connectivity index (χ3n) is 1.48. The van der Waals surface area contributed by atoms with Crippen molar-refractivity contribution in [3.63, 3.8) is 0 Å². The quantitative estimate of drug-likeness (QED) is 0.555. The summed E-state index contributed by atoms with van der Waals surface area (Å²) < 4.78 is 12.6. The fourth-order valence-corrected chi connectivity index (χ4v) is 0.982. The van der Waals surface area contributed by atoms with Gasteiger partial charge in [-0.25, -0.2) is 4.39 Å². The van der Waals surface area contributed by atoms with E-state index in [0.717, 1.165) is 5.39 Å². The molecule has 0 saturated heterocycles. The number of benzene rings is 1. The second-order valence-corrected chi connectivity index (χ2v) is 2.26. The maximum Gasteiger partial charge on any atom is 0.124 e. The molecule has 0 N–H and O–H groups in total. The highest BCUT2D eigenvalue weighted by Gasteiger charge is 1.93. The van der Waals surface area contributed by atoms with E-state index in [2.05, 4.69) is 11.1 Å². The van der Waals surface area contributed by atoms with Crippen molar-refractivity contribution < 1.29 is 4.39 Å². The molecule has 11 heavy (non-hydrogen) atoms. The van der Waals surface area contributed by atoms with E-state index in [0.29, 0.717) is 5.52 Å². The third-order valence-corrected chi connectivity index (χ3v) is 1.48. The Hall–Kier alpha value is -1.44. The van der Waals surface area contributed by atoms with Crippen molar-refractivity contribution in [2.24, 2.45) is 0 Å². The highest BCUT2D eigenvalue weighted by Crippen LogP contribution is 2.10. The molecule has 0 amide bonds. The van der Waals surface area contributed by atoms with E-state index in [1.807, 2.05) is 6.07 Å². The van der Waals surface area contributed by atoms with Crippen LogP contribution in [0.3, 0.4) is 0 Å². The zero-order valence-corrected chi connectivity index (χ0v) is 5.71. The van der Waals surface area contributed by atoms with Crippen LogP contribution in [-0.2, 0) is 0 Å². The topological polar surface area (TPSA) is 12.9 Å². The first-order chi connectivity index (χ1) is 5.36. The summed E-state index contributed by atoms with van der Waals surface area (Å²) in [4.78, 5) is 4.00. The Morgan fingerprint density at radius 1 is 1.45 bits per heavy atom. The summed E-state index contributed by atoms with van der Waals surface area (Å²) in [5.74, 6) is -0.273. The summed E-state index contributed by atoms with van der Waals surface area (Å²) in [6, 6.07) is 9.04. The fourth-order valence-electron chi connectivity index (χ4n) is 0.982. The van der Waals surface area contributed by atoms with Gasteiger partial charge in [0.05, 0.1) is 5.52 Å². The van der Waals surface area contributed by atoms with Crippen LogP contribution in [0.1, 0.15) is 0 Å². The van der Waals surface area contributed by atoms with Gasteiger partial charge in [0.1, 0.15) is 5.82 Å². The fraction of sp³-hybridized carbons (Fsp3) is 0. The van der Waals surface area contributed by atoms with Gasteiger partial charge in [0.2, 0.25) is 0 Å². The molecule has 2 aromatic rings. The van der Waals surface area contributed by atoms with Crippen molar-refractivity contribution in [1.29, 1.82) is 0 Å². The van der Waals surface area contributed by atoms with Crippen molar-refractivity contribution in [2.45, 2.75) is 0 Å². The molecule has 2 rings (SSSR count). The molecular formula is C9H5FN. The Balaban J connectivity index is 2.83. The van der Waals surface area contributed by atoms with Gasteiger partial charge in [-0.1, -0.05) is 6.07 Å². The first kappa shape index (κ1) is 6.28. The monoisotopic (exact) mass is 146 g/mol. The van der Waals surface area contributed by atoms with E-state index >= 15 is 0 Å².